The first-order chi connectivity index (χ1) is 12.2. The second-order valence-electron chi connectivity index (χ2n) is 8.08. The van der Waals surface area contributed by atoms with Crippen molar-refractivity contribution >= 4 is 23.2 Å². The minimum Gasteiger partial charge on any atom is -0.323 e. The molecule has 0 saturated carbocycles. The quantitative estimate of drug-likeness (QED) is 0.889. The van der Waals surface area contributed by atoms with Crippen LogP contribution >= 0.6 is 11.6 Å². The lowest BCUT2D eigenvalue weighted by Gasteiger charge is -2.33. The first kappa shape index (κ1) is 18.9. The number of nitrogens with zero attached hydrogens (tertiary/aromatic N) is 3. The topological polar surface area (TPSA) is 50.2 Å². The number of nitrogens with one attached hydrogen (secondary N) is 1. The van der Waals surface area contributed by atoms with E-state index in [-0.39, 0.29) is 17.4 Å². The van der Waals surface area contributed by atoms with Gasteiger partial charge in [0.2, 0.25) is 5.91 Å². The molecule has 140 valence electrons. The van der Waals surface area contributed by atoms with Gasteiger partial charge in [0.15, 0.2) is 0 Å². The molecular formula is C20H27ClN4O. The third-order valence-electron chi connectivity index (χ3n) is 5.20. The van der Waals surface area contributed by atoms with Crippen molar-refractivity contribution in [3.8, 4) is 0 Å². The maximum atomic E-state index is 12.9. The fourth-order valence-corrected chi connectivity index (χ4v) is 3.93. The number of rotatable bonds is 3. The largest absolute Gasteiger partial charge is 0.323 e. The summed E-state index contributed by atoms with van der Waals surface area (Å²) in [6, 6.07) is 5.36. The highest BCUT2D eigenvalue weighted by atomic mass is 35.5. The monoisotopic (exact) mass is 374 g/mol. The average Bonchev–Trinajstić information content (AvgIpc) is 2.81. The van der Waals surface area contributed by atoms with Gasteiger partial charge >= 0.3 is 0 Å². The molecule has 0 radical (unpaired) electrons. The molecule has 1 N–H and O–H groups in total. The zero-order valence-electron chi connectivity index (χ0n) is 16.1. The van der Waals surface area contributed by atoms with E-state index in [0.29, 0.717) is 10.7 Å². The van der Waals surface area contributed by atoms with Crippen LogP contribution in [-0.4, -0.2) is 33.2 Å². The van der Waals surface area contributed by atoms with Crippen LogP contribution in [0, 0.1) is 12.3 Å². The molecule has 3 rings (SSSR count). The molecule has 1 aliphatic heterocycles. The van der Waals surface area contributed by atoms with E-state index in [4.69, 9.17) is 11.6 Å². The number of anilines is 1. The molecule has 2 heterocycles. The molecule has 6 heteroatoms. The van der Waals surface area contributed by atoms with Crippen LogP contribution in [-0.2, 0) is 24.8 Å². The molecule has 2 aromatic rings. The summed E-state index contributed by atoms with van der Waals surface area (Å²) in [5, 5.41) is 7.99. The number of benzene rings is 1. The minimum atomic E-state index is -0.267. The molecule has 0 bridgehead atoms. The Labute approximate surface area is 160 Å². The predicted molar refractivity (Wildman–Crippen MR) is 105 cm³/mol. The second kappa shape index (κ2) is 7.05. The molecule has 1 aliphatic rings. The number of aryl methyl sites for hydroxylation is 2. The van der Waals surface area contributed by atoms with Gasteiger partial charge in [-0.15, -0.1) is 0 Å². The molecule has 0 fully saturated rings. The third kappa shape index (κ3) is 3.79. The molecule has 1 aromatic heterocycles. The number of carbonyl (C=O) groups is 1. The summed E-state index contributed by atoms with van der Waals surface area (Å²) >= 11 is 6.27. The van der Waals surface area contributed by atoms with E-state index in [9.17, 15) is 4.79 Å². The standard InChI is InChI=1S/C20H27ClN4O/c1-13-7-6-8-16(21)18(13)23-19(26)14(2)25-11-15-10-22-24(5)17(15)9-20(3,4)12-25/h6-8,10,14H,9,11-12H2,1-5H3,(H,23,26)/t14-/m0/s1. The highest BCUT2D eigenvalue weighted by Crippen LogP contribution is 2.31. The van der Waals surface area contributed by atoms with Gasteiger partial charge in [-0.25, -0.2) is 0 Å². The molecule has 1 aromatic carbocycles. The van der Waals surface area contributed by atoms with Gasteiger partial charge < -0.3 is 5.32 Å². The van der Waals surface area contributed by atoms with Crippen molar-refractivity contribution in [1.29, 1.82) is 0 Å². The summed E-state index contributed by atoms with van der Waals surface area (Å²) < 4.78 is 1.96. The van der Waals surface area contributed by atoms with Crippen LogP contribution in [0.25, 0.3) is 0 Å². The van der Waals surface area contributed by atoms with Crippen LogP contribution in [0.5, 0.6) is 0 Å². The van der Waals surface area contributed by atoms with Crippen molar-refractivity contribution in [3.05, 3.63) is 46.2 Å². The number of para-hydroxylation sites is 1. The lowest BCUT2D eigenvalue weighted by Crippen LogP contribution is -2.45. The SMILES string of the molecule is Cc1cccc(Cl)c1NC(=O)[C@H](C)N1Cc2cnn(C)c2CC(C)(C)C1. The van der Waals surface area contributed by atoms with Gasteiger partial charge in [0, 0.05) is 31.4 Å². The van der Waals surface area contributed by atoms with Crippen LogP contribution in [0.4, 0.5) is 5.69 Å². The Morgan fingerprint density at radius 1 is 1.38 bits per heavy atom. The van der Waals surface area contributed by atoms with Crippen molar-refractivity contribution in [2.75, 3.05) is 11.9 Å². The van der Waals surface area contributed by atoms with Gasteiger partial charge in [0.1, 0.15) is 0 Å². The molecule has 0 spiro atoms. The Hall–Kier alpha value is -1.85. The Morgan fingerprint density at radius 2 is 2.12 bits per heavy atom. The van der Waals surface area contributed by atoms with Crippen LogP contribution in [0.15, 0.2) is 24.4 Å². The number of aromatic nitrogens is 2. The lowest BCUT2D eigenvalue weighted by atomic mass is 9.87. The van der Waals surface area contributed by atoms with Gasteiger partial charge in [-0.05, 0) is 37.3 Å². The van der Waals surface area contributed by atoms with Gasteiger partial charge in [0.05, 0.1) is 22.9 Å². The van der Waals surface area contributed by atoms with E-state index < -0.39 is 0 Å². The summed E-state index contributed by atoms with van der Waals surface area (Å²) in [6.07, 6.45) is 2.87. The fraction of sp³-hybridized carbons (Fsp3) is 0.500. The first-order valence-electron chi connectivity index (χ1n) is 8.98. The molecule has 0 unspecified atom stereocenters. The van der Waals surface area contributed by atoms with E-state index in [1.165, 1.54) is 11.3 Å². The minimum absolute atomic E-state index is 0.0376. The summed E-state index contributed by atoms with van der Waals surface area (Å²) in [5.74, 6) is -0.0376. The van der Waals surface area contributed by atoms with Crippen LogP contribution in [0.3, 0.4) is 0 Å². The average molecular weight is 375 g/mol. The number of fused-ring (bicyclic) bond motifs is 1. The second-order valence-corrected chi connectivity index (χ2v) is 8.49. The van der Waals surface area contributed by atoms with Gasteiger partial charge in [-0.1, -0.05) is 37.6 Å². The van der Waals surface area contributed by atoms with E-state index >= 15 is 0 Å². The molecule has 1 atom stereocenters. The summed E-state index contributed by atoms with van der Waals surface area (Å²) in [4.78, 5) is 15.2. The van der Waals surface area contributed by atoms with Crippen molar-refractivity contribution in [2.24, 2.45) is 12.5 Å². The molecule has 1 amide bonds. The number of hydrogen-bond donors (Lipinski definition) is 1. The molecule has 5 nitrogen and oxygen atoms in total. The zero-order valence-corrected chi connectivity index (χ0v) is 16.9. The van der Waals surface area contributed by atoms with Crippen molar-refractivity contribution in [2.45, 2.75) is 46.7 Å². The van der Waals surface area contributed by atoms with Crippen LogP contribution in [0.1, 0.15) is 37.6 Å². The Balaban J connectivity index is 1.82. The fourth-order valence-electron chi connectivity index (χ4n) is 3.66. The Kier molecular flexibility index (Phi) is 5.13. The number of carbonyl (C=O) groups excluding carboxylic acids is 1. The molecule has 0 saturated heterocycles. The molecule has 0 aliphatic carbocycles. The normalized spacial score (nSPS) is 18.1. The van der Waals surface area contributed by atoms with Gasteiger partial charge in [-0.3, -0.25) is 14.4 Å². The summed E-state index contributed by atoms with van der Waals surface area (Å²) in [7, 11) is 1.99. The number of halogens is 1. The van der Waals surface area contributed by atoms with E-state index in [2.05, 4.69) is 29.2 Å². The van der Waals surface area contributed by atoms with Crippen molar-refractivity contribution in [1.82, 2.24) is 14.7 Å². The summed E-state index contributed by atoms with van der Waals surface area (Å²) in [5.41, 5.74) is 4.18. The van der Waals surface area contributed by atoms with E-state index in [1.54, 1.807) is 6.07 Å². The smallest absolute Gasteiger partial charge is 0.241 e. The highest BCUT2D eigenvalue weighted by molar-refractivity contribution is 6.34. The van der Waals surface area contributed by atoms with Crippen molar-refractivity contribution < 1.29 is 4.79 Å². The summed E-state index contributed by atoms with van der Waals surface area (Å²) in [6.45, 7) is 9.96. The third-order valence-corrected chi connectivity index (χ3v) is 5.51. The maximum absolute atomic E-state index is 12.9. The molecule has 26 heavy (non-hydrogen) atoms. The van der Waals surface area contributed by atoms with Gasteiger partial charge in [-0.2, -0.15) is 5.10 Å². The number of amides is 1. The number of hydrogen-bond acceptors (Lipinski definition) is 3. The van der Waals surface area contributed by atoms with Crippen LogP contribution < -0.4 is 5.32 Å². The predicted octanol–water partition coefficient (Wildman–Crippen LogP) is 3.79. The lowest BCUT2D eigenvalue weighted by molar-refractivity contribution is -0.121. The molecular weight excluding hydrogens is 348 g/mol. The highest BCUT2D eigenvalue weighted by Gasteiger charge is 2.34. The Bertz CT molecular complexity index is 807. The Morgan fingerprint density at radius 3 is 2.81 bits per heavy atom. The first-order valence-corrected chi connectivity index (χ1v) is 9.35. The zero-order chi connectivity index (χ0) is 19.1. The van der Waals surface area contributed by atoms with E-state index in [1.807, 2.05) is 43.9 Å². The van der Waals surface area contributed by atoms with Crippen molar-refractivity contribution in [3.63, 3.8) is 0 Å². The van der Waals surface area contributed by atoms with E-state index in [0.717, 1.165) is 25.1 Å². The van der Waals surface area contributed by atoms with Crippen LogP contribution in [0.2, 0.25) is 5.02 Å². The maximum Gasteiger partial charge on any atom is 0.241 e. The van der Waals surface area contributed by atoms with Gasteiger partial charge in [0.25, 0.3) is 0 Å².